The van der Waals surface area contributed by atoms with Gasteiger partial charge in [-0.3, -0.25) is 4.79 Å². The third-order valence-corrected chi connectivity index (χ3v) is 8.06. The van der Waals surface area contributed by atoms with Gasteiger partial charge in [0.25, 0.3) is 5.91 Å². The molecule has 2 aromatic rings. The molecule has 0 radical (unpaired) electrons. The molecule has 1 aliphatic carbocycles. The van der Waals surface area contributed by atoms with E-state index in [9.17, 15) is 4.79 Å². The number of benzene rings is 2. The van der Waals surface area contributed by atoms with E-state index in [1.165, 1.54) is 0 Å². The van der Waals surface area contributed by atoms with Crippen molar-refractivity contribution in [3.63, 3.8) is 0 Å². The normalized spacial score (nSPS) is 22.2. The Hall–Kier alpha value is -2.73. The molecule has 34 heavy (non-hydrogen) atoms. The zero-order chi connectivity index (χ0) is 25.1. The van der Waals surface area contributed by atoms with Gasteiger partial charge in [-0.15, -0.1) is 5.54 Å². The number of ether oxygens (including phenoxy) is 1. The smallest absolute Gasteiger partial charge is 0.254 e. The summed E-state index contributed by atoms with van der Waals surface area (Å²) in [5.74, 6) is 4.03. The minimum Gasteiger partial charge on any atom is -0.489 e. The van der Waals surface area contributed by atoms with E-state index in [0.717, 1.165) is 16.7 Å². The minimum absolute atomic E-state index is 0.0133. The van der Waals surface area contributed by atoms with Crippen LogP contribution in [-0.2, 0) is 6.54 Å². The molecule has 0 aromatic heterocycles. The summed E-state index contributed by atoms with van der Waals surface area (Å²) in [7, 11) is -1.47. The van der Waals surface area contributed by atoms with Crippen molar-refractivity contribution in [1.82, 2.24) is 4.90 Å². The predicted molar refractivity (Wildman–Crippen MR) is 140 cm³/mol. The lowest BCUT2D eigenvalue weighted by atomic mass is 9.49. The quantitative estimate of drug-likeness (QED) is 0.265. The Morgan fingerprint density at radius 1 is 1.12 bits per heavy atom. The average Bonchev–Trinajstić information content (AvgIpc) is 3.04. The molecule has 0 saturated heterocycles. The van der Waals surface area contributed by atoms with Crippen LogP contribution in [0.15, 0.2) is 36.4 Å². The van der Waals surface area contributed by atoms with Crippen LogP contribution in [0.3, 0.4) is 0 Å². The number of carbonyl (C=O) groups is 1. The van der Waals surface area contributed by atoms with Crippen molar-refractivity contribution in [2.75, 3.05) is 0 Å². The molecule has 176 valence electrons. The number of rotatable bonds is 3. The third-order valence-electron chi connectivity index (χ3n) is 6.89. The maximum atomic E-state index is 13.4. The topological polar surface area (TPSA) is 33.9 Å². The first-order chi connectivity index (χ1) is 15.8. The first kappa shape index (κ1) is 24.4. The summed E-state index contributed by atoms with van der Waals surface area (Å²) < 4.78 is 6.41. The van der Waals surface area contributed by atoms with Gasteiger partial charge in [-0.25, -0.2) is 4.85 Å². The number of hydrogen-bond acceptors (Lipinski definition) is 2. The Labute approximate surface area is 209 Å². The molecule has 2 aliphatic rings. The molecular formula is C28H31ClN2O2Si. The van der Waals surface area contributed by atoms with E-state index in [1.807, 2.05) is 17.0 Å². The van der Waals surface area contributed by atoms with Crippen LogP contribution in [0.2, 0.25) is 24.7 Å². The zero-order valence-corrected chi connectivity index (χ0v) is 22.7. The lowest BCUT2D eigenvalue weighted by molar-refractivity contribution is -0.199. The largest absolute Gasteiger partial charge is 0.489 e. The van der Waals surface area contributed by atoms with Crippen molar-refractivity contribution in [3.8, 4) is 17.2 Å². The average molecular weight is 491 g/mol. The van der Waals surface area contributed by atoms with E-state index in [1.54, 1.807) is 18.2 Å². The fourth-order valence-electron chi connectivity index (χ4n) is 5.89. The monoisotopic (exact) mass is 490 g/mol. The Bertz CT molecular complexity index is 1260. The molecule has 4 nitrogen and oxygen atoms in total. The summed E-state index contributed by atoms with van der Waals surface area (Å²) in [6.07, 6.45) is -0.116. The molecule has 1 amide bonds. The molecule has 6 heteroatoms. The molecule has 0 bridgehead atoms. The number of carbonyl (C=O) groups excluding carboxylic acids is 1. The van der Waals surface area contributed by atoms with Gasteiger partial charge in [-0.05, 0) is 35.9 Å². The number of amides is 1. The van der Waals surface area contributed by atoms with Gasteiger partial charge in [0, 0.05) is 34.5 Å². The van der Waals surface area contributed by atoms with Gasteiger partial charge >= 0.3 is 0 Å². The van der Waals surface area contributed by atoms with Crippen LogP contribution in [0, 0.1) is 28.9 Å². The number of fused-ring (bicyclic) bond motifs is 1. The van der Waals surface area contributed by atoms with Crippen molar-refractivity contribution in [1.29, 1.82) is 0 Å². The second-order valence-corrected chi connectivity index (χ2v) is 16.7. The van der Waals surface area contributed by atoms with Crippen LogP contribution in [-0.4, -0.2) is 31.0 Å². The van der Waals surface area contributed by atoms with E-state index in [0.29, 0.717) is 23.0 Å². The molecule has 0 atom stereocenters. The Kier molecular flexibility index (Phi) is 5.87. The van der Waals surface area contributed by atoms with Gasteiger partial charge in [-0.2, -0.15) is 0 Å². The molecule has 0 unspecified atom stereocenters. The van der Waals surface area contributed by atoms with E-state index in [4.69, 9.17) is 22.9 Å². The van der Waals surface area contributed by atoms with E-state index < -0.39 is 8.07 Å². The molecule has 0 spiro atoms. The molecule has 1 fully saturated rings. The molecule has 1 heterocycles. The maximum absolute atomic E-state index is 13.4. The van der Waals surface area contributed by atoms with Crippen LogP contribution in [0.1, 0.15) is 49.2 Å². The second kappa shape index (κ2) is 8.19. The zero-order valence-electron chi connectivity index (χ0n) is 20.9. The highest BCUT2D eigenvalue weighted by Gasteiger charge is 2.66. The number of nitrogens with zero attached hydrogens (tertiary/aromatic N) is 2. The van der Waals surface area contributed by atoms with Crippen molar-refractivity contribution >= 4 is 31.3 Å². The summed E-state index contributed by atoms with van der Waals surface area (Å²) in [5, 5.41) is 0.386. The van der Waals surface area contributed by atoms with Crippen LogP contribution in [0.5, 0.6) is 5.75 Å². The Morgan fingerprint density at radius 2 is 1.79 bits per heavy atom. The van der Waals surface area contributed by atoms with Gasteiger partial charge in [0.2, 0.25) is 5.69 Å². The van der Waals surface area contributed by atoms with Gasteiger partial charge in [0.1, 0.15) is 19.9 Å². The summed E-state index contributed by atoms with van der Waals surface area (Å²) in [6, 6.07) is 11.2. The van der Waals surface area contributed by atoms with Crippen molar-refractivity contribution in [2.45, 2.75) is 66.0 Å². The SMILES string of the molecule is [C-]#[N+]c1ccc(OC2C(C)(C)C(N3Cc4cc(C#C[Si](C)(C)C)ccc4C3=O)C2(C)C)cc1Cl. The van der Waals surface area contributed by atoms with Gasteiger partial charge in [-0.1, -0.05) is 70.9 Å². The lowest BCUT2D eigenvalue weighted by Gasteiger charge is -2.65. The molecule has 2 aromatic carbocycles. The molecular weight excluding hydrogens is 460 g/mol. The Morgan fingerprint density at radius 3 is 2.38 bits per heavy atom. The highest BCUT2D eigenvalue weighted by Crippen LogP contribution is 2.59. The van der Waals surface area contributed by atoms with Gasteiger partial charge < -0.3 is 9.64 Å². The molecule has 1 saturated carbocycles. The van der Waals surface area contributed by atoms with Gasteiger partial charge in [0.05, 0.1) is 11.6 Å². The summed E-state index contributed by atoms with van der Waals surface area (Å²) in [5.41, 5.74) is 6.08. The molecule has 4 rings (SSSR count). The van der Waals surface area contributed by atoms with Crippen molar-refractivity contribution in [3.05, 3.63) is 69.5 Å². The van der Waals surface area contributed by atoms with Crippen LogP contribution in [0.4, 0.5) is 5.69 Å². The fourth-order valence-corrected chi connectivity index (χ4v) is 6.62. The first-order valence-corrected chi connectivity index (χ1v) is 15.4. The van der Waals surface area contributed by atoms with E-state index in [-0.39, 0.29) is 28.9 Å². The Balaban J connectivity index is 1.57. The predicted octanol–water partition coefficient (Wildman–Crippen LogP) is 6.96. The summed E-state index contributed by atoms with van der Waals surface area (Å²) in [4.78, 5) is 18.9. The molecule has 1 aliphatic heterocycles. The van der Waals surface area contributed by atoms with Gasteiger partial charge in [0.15, 0.2) is 0 Å². The van der Waals surface area contributed by atoms with E-state index >= 15 is 0 Å². The number of halogens is 1. The first-order valence-electron chi connectivity index (χ1n) is 11.6. The maximum Gasteiger partial charge on any atom is 0.254 e. The lowest BCUT2D eigenvalue weighted by Crippen LogP contribution is -2.74. The van der Waals surface area contributed by atoms with Crippen LogP contribution in [0.25, 0.3) is 4.85 Å². The van der Waals surface area contributed by atoms with Crippen molar-refractivity contribution in [2.24, 2.45) is 10.8 Å². The summed E-state index contributed by atoms with van der Waals surface area (Å²) in [6.45, 7) is 23.1. The fraction of sp³-hybridized carbons (Fsp3) is 0.429. The highest BCUT2D eigenvalue weighted by atomic mass is 35.5. The second-order valence-electron chi connectivity index (χ2n) is 11.6. The minimum atomic E-state index is -1.47. The van der Waals surface area contributed by atoms with Crippen LogP contribution < -0.4 is 4.74 Å². The van der Waals surface area contributed by atoms with Crippen LogP contribution >= 0.6 is 11.6 Å². The standard InChI is InChI=1S/C28H31ClN2O2Si/c1-27(2)25(28(3,4)26(27)33-20-10-12-23(30-5)22(29)16-20)31-17-19-15-18(13-14-34(6,7)8)9-11-21(19)24(31)32/h9-12,15-16,25-26H,17H2,1-4,6-8H3. The highest BCUT2D eigenvalue weighted by molar-refractivity contribution is 6.83. The van der Waals surface area contributed by atoms with Crippen molar-refractivity contribution < 1.29 is 9.53 Å². The third kappa shape index (κ3) is 4.13. The summed E-state index contributed by atoms with van der Waals surface area (Å²) >= 11 is 6.23. The van der Waals surface area contributed by atoms with E-state index in [2.05, 4.69) is 69.7 Å². The number of hydrogen-bond donors (Lipinski definition) is 0. The molecule has 0 N–H and O–H groups in total.